The summed E-state index contributed by atoms with van der Waals surface area (Å²) in [4.78, 5) is 8.36. The summed E-state index contributed by atoms with van der Waals surface area (Å²) >= 11 is 0. The summed E-state index contributed by atoms with van der Waals surface area (Å²) in [5.41, 5.74) is 32.0. The first-order valence-electron chi connectivity index (χ1n) is 30.0. The SMILES string of the molecule is Cc1cc2c3c(c1)N(c1cccc4c1C(C)(C)c1ccccc1-4)c1cc4c(cc1B3c1ccc(N3c5ccc(C(C)(C)C)cc5C5(C)CCCCC35C)cc1N2c1cc2c(cc1C)C(C)(C)CCC2(C)C)C(C)(C)CC4(C)C. The van der Waals surface area contributed by atoms with Crippen molar-refractivity contribution < 1.29 is 0 Å². The average Bonchev–Trinajstić information content (AvgIpc) is 4.03. The van der Waals surface area contributed by atoms with Crippen LogP contribution < -0.4 is 31.1 Å². The van der Waals surface area contributed by atoms with Crippen molar-refractivity contribution in [2.45, 2.75) is 206 Å². The third-order valence-electron chi connectivity index (χ3n) is 22.1. The van der Waals surface area contributed by atoms with Gasteiger partial charge in [-0.3, -0.25) is 0 Å². The van der Waals surface area contributed by atoms with Crippen LogP contribution in [-0.4, -0.2) is 12.3 Å². The van der Waals surface area contributed by atoms with Gasteiger partial charge in [0, 0.05) is 50.6 Å². The highest BCUT2D eigenvalue weighted by molar-refractivity contribution is 7.00. The Hall–Kier alpha value is -6.00. The summed E-state index contributed by atoms with van der Waals surface area (Å²) in [5.74, 6) is 0. The van der Waals surface area contributed by atoms with Crippen molar-refractivity contribution in [3.05, 3.63) is 171 Å². The van der Waals surface area contributed by atoms with Crippen LogP contribution in [0.2, 0.25) is 0 Å². The Balaban J connectivity index is 1.09. The van der Waals surface area contributed by atoms with Crippen LogP contribution in [0.3, 0.4) is 0 Å². The molecule has 4 heteroatoms. The molecule has 3 nitrogen and oxygen atoms in total. The molecule has 0 aromatic heterocycles. The topological polar surface area (TPSA) is 9.72 Å². The monoisotopic (exact) mass is 1030 g/mol. The van der Waals surface area contributed by atoms with Gasteiger partial charge in [-0.15, -0.1) is 0 Å². The number of fused-ring (bicyclic) bond motifs is 12. The largest absolute Gasteiger partial charge is 0.334 e. The quantitative estimate of drug-likeness (QED) is 0.163. The predicted octanol–water partition coefficient (Wildman–Crippen LogP) is 18.0. The van der Waals surface area contributed by atoms with Gasteiger partial charge in [0.05, 0.1) is 11.2 Å². The lowest BCUT2D eigenvalue weighted by Crippen LogP contribution is -2.62. The second kappa shape index (κ2) is 15.7. The van der Waals surface area contributed by atoms with Gasteiger partial charge in [0.25, 0.3) is 6.71 Å². The molecule has 1 fully saturated rings. The van der Waals surface area contributed by atoms with E-state index in [1.807, 2.05) is 0 Å². The van der Waals surface area contributed by atoms with Crippen LogP contribution in [0.4, 0.5) is 45.5 Å². The molecule has 7 aromatic rings. The molecule has 0 radical (unpaired) electrons. The maximum Gasteiger partial charge on any atom is 0.252 e. The molecule has 7 aliphatic rings. The predicted molar refractivity (Wildman–Crippen MR) is 335 cm³/mol. The number of anilines is 8. The Morgan fingerprint density at radius 1 is 0.449 bits per heavy atom. The third kappa shape index (κ3) is 6.53. The van der Waals surface area contributed by atoms with Gasteiger partial charge in [-0.25, -0.2) is 0 Å². The summed E-state index contributed by atoms with van der Waals surface area (Å²) in [6.07, 6.45) is 8.37. The van der Waals surface area contributed by atoms with Crippen molar-refractivity contribution in [3.63, 3.8) is 0 Å². The van der Waals surface area contributed by atoms with E-state index in [1.54, 1.807) is 0 Å². The van der Waals surface area contributed by atoms with E-state index < -0.39 is 0 Å². The van der Waals surface area contributed by atoms with E-state index in [2.05, 4.69) is 248 Å². The van der Waals surface area contributed by atoms with E-state index in [0.29, 0.717) is 0 Å². The second-order valence-corrected chi connectivity index (χ2v) is 30.4. The lowest BCUT2D eigenvalue weighted by atomic mass is 9.33. The smallest absolute Gasteiger partial charge is 0.252 e. The van der Waals surface area contributed by atoms with Crippen molar-refractivity contribution in [2.75, 3.05) is 14.7 Å². The number of nitrogens with zero attached hydrogens (tertiary/aromatic N) is 3. The van der Waals surface area contributed by atoms with Crippen LogP contribution in [0, 0.1) is 13.8 Å². The fourth-order valence-electron chi connectivity index (χ4n) is 17.8. The molecule has 0 N–H and O–H groups in total. The molecule has 0 saturated heterocycles. The highest BCUT2D eigenvalue weighted by atomic mass is 15.3. The molecule has 3 aliphatic heterocycles. The van der Waals surface area contributed by atoms with Crippen molar-refractivity contribution in [1.29, 1.82) is 0 Å². The zero-order valence-electron chi connectivity index (χ0n) is 50.3. The summed E-state index contributed by atoms with van der Waals surface area (Å²) in [6, 6.07) is 47.5. The van der Waals surface area contributed by atoms with E-state index in [4.69, 9.17) is 0 Å². The Morgan fingerprint density at radius 3 is 1.76 bits per heavy atom. The van der Waals surface area contributed by atoms with Gasteiger partial charge in [-0.05, 0) is 212 Å². The minimum absolute atomic E-state index is 0.0120. The van der Waals surface area contributed by atoms with Crippen molar-refractivity contribution in [2.24, 2.45) is 0 Å². The van der Waals surface area contributed by atoms with E-state index in [-0.39, 0.29) is 50.2 Å². The Labute approximate surface area is 469 Å². The number of hydrogen-bond acceptors (Lipinski definition) is 3. The van der Waals surface area contributed by atoms with Crippen LogP contribution in [0.5, 0.6) is 0 Å². The van der Waals surface area contributed by atoms with Crippen LogP contribution in [-0.2, 0) is 37.9 Å². The van der Waals surface area contributed by atoms with Crippen LogP contribution >= 0.6 is 0 Å². The molecule has 78 heavy (non-hydrogen) atoms. The normalized spacial score (nSPS) is 23.6. The highest BCUT2D eigenvalue weighted by Gasteiger charge is 2.58. The van der Waals surface area contributed by atoms with E-state index >= 15 is 0 Å². The zero-order valence-corrected chi connectivity index (χ0v) is 50.3. The molecule has 3 heterocycles. The molecule has 0 spiro atoms. The highest BCUT2D eigenvalue weighted by Crippen LogP contribution is 2.63. The molecule has 2 atom stereocenters. The van der Waals surface area contributed by atoms with Crippen molar-refractivity contribution in [1.82, 2.24) is 0 Å². The van der Waals surface area contributed by atoms with Crippen LogP contribution in [0.1, 0.15) is 204 Å². The molecule has 4 aliphatic carbocycles. The molecule has 7 aromatic carbocycles. The Kier molecular flexibility index (Phi) is 10.1. The van der Waals surface area contributed by atoms with Gasteiger partial charge in [-0.1, -0.05) is 177 Å². The Bertz CT molecular complexity index is 3780. The van der Waals surface area contributed by atoms with Gasteiger partial charge in [0.1, 0.15) is 0 Å². The van der Waals surface area contributed by atoms with Crippen LogP contribution in [0.15, 0.2) is 115 Å². The summed E-state index contributed by atoms with van der Waals surface area (Å²) in [5, 5.41) is 0. The molecular weight excluding hydrogens is 942 g/mol. The van der Waals surface area contributed by atoms with E-state index in [9.17, 15) is 0 Å². The van der Waals surface area contributed by atoms with Crippen molar-refractivity contribution >= 4 is 68.6 Å². The lowest BCUT2D eigenvalue weighted by Gasteiger charge is -2.51. The molecule has 14 rings (SSSR count). The fraction of sp³-hybridized carbons (Fsp3) is 0.432. The van der Waals surface area contributed by atoms with E-state index in [1.165, 1.54) is 161 Å². The summed E-state index contributed by atoms with van der Waals surface area (Å²) in [6.45, 7) is 42.0. The maximum atomic E-state index is 2.83. The number of aryl methyl sites for hydroxylation is 2. The third-order valence-corrected chi connectivity index (χ3v) is 22.1. The molecule has 0 bridgehead atoms. The van der Waals surface area contributed by atoms with Gasteiger partial charge in [-0.2, -0.15) is 0 Å². The number of hydrogen-bond donors (Lipinski definition) is 0. The molecular formula is C74H84BN3. The summed E-state index contributed by atoms with van der Waals surface area (Å²) < 4.78 is 0. The minimum atomic E-state index is -0.204. The first-order valence-corrected chi connectivity index (χ1v) is 30.0. The lowest BCUT2D eigenvalue weighted by molar-refractivity contribution is 0.195. The van der Waals surface area contributed by atoms with E-state index in [0.717, 1.165) is 12.8 Å². The van der Waals surface area contributed by atoms with Gasteiger partial charge in [0.15, 0.2) is 0 Å². The summed E-state index contributed by atoms with van der Waals surface area (Å²) in [7, 11) is 0. The number of benzene rings is 7. The van der Waals surface area contributed by atoms with Crippen LogP contribution in [0.25, 0.3) is 11.1 Å². The fourth-order valence-corrected chi connectivity index (χ4v) is 17.8. The molecule has 398 valence electrons. The first-order chi connectivity index (χ1) is 36.6. The van der Waals surface area contributed by atoms with Gasteiger partial charge in [0.2, 0.25) is 0 Å². The Morgan fingerprint density at radius 2 is 1.05 bits per heavy atom. The maximum absolute atomic E-state index is 2.83. The molecule has 0 amide bonds. The minimum Gasteiger partial charge on any atom is -0.334 e. The zero-order chi connectivity index (χ0) is 55.0. The molecule has 1 saturated carbocycles. The number of rotatable bonds is 3. The van der Waals surface area contributed by atoms with Gasteiger partial charge >= 0.3 is 0 Å². The second-order valence-electron chi connectivity index (χ2n) is 30.4. The van der Waals surface area contributed by atoms with Crippen molar-refractivity contribution in [3.8, 4) is 11.1 Å². The average molecular weight is 1030 g/mol. The standard InChI is InChI=1S/C74H84BN3/c1-44-35-63-66-64(36-44)77(60-41-53-51(37-45(60)2)68(6,7)33-34-69(53,8)9)61-39-47(78-58-30-27-46(67(3,4)5)38-55(58)73(16)31-20-21-32-74(73,78)17)28-29-56(61)75(66)57-40-52-54(71(12,13)43-70(52,10)11)42-62(57)76(63)59-26-22-24-49-48-23-18-19-25-50(48)72(14,15)65(49)59/h18-19,22-30,35-42H,20-21,31-34,43H2,1-17H3. The first kappa shape index (κ1) is 50.2. The molecule has 2 unspecified atom stereocenters. The van der Waals surface area contributed by atoms with Gasteiger partial charge < -0.3 is 14.7 Å².